The van der Waals surface area contributed by atoms with Gasteiger partial charge < -0.3 is 9.80 Å². The second-order valence-electron chi connectivity index (χ2n) is 6.51. The van der Waals surface area contributed by atoms with Crippen LogP contribution in [0.5, 0.6) is 0 Å². The van der Waals surface area contributed by atoms with E-state index >= 15 is 0 Å². The second-order valence-corrected chi connectivity index (χ2v) is 6.51. The van der Waals surface area contributed by atoms with E-state index in [1.807, 2.05) is 18.2 Å². The number of benzene rings is 1. The van der Waals surface area contributed by atoms with E-state index < -0.39 is 24.9 Å². The van der Waals surface area contributed by atoms with Crippen LogP contribution in [0, 0.1) is 0 Å². The Bertz CT molecular complexity index is 573. The highest BCUT2D eigenvalue weighted by Gasteiger charge is 2.43. The lowest BCUT2D eigenvalue weighted by Crippen LogP contribution is -2.41. The Morgan fingerprint density at radius 2 is 2.04 bits per heavy atom. The Labute approximate surface area is 135 Å². The summed E-state index contributed by atoms with van der Waals surface area (Å²) >= 11 is 0. The first-order chi connectivity index (χ1) is 11.0. The van der Waals surface area contributed by atoms with Crippen molar-refractivity contribution < 1.29 is 13.6 Å². The van der Waals surface area contributed by atoms with Crippen LogP contribution in [0.25, 0.3) is 0 Å². The van der Waals surface area contributed by atoms with Gasteiger partial charge in [-0.15, -0.1) is 0 Å². The van der Waals surface area contributed by atoms with Crippen LogP contribution in [0.3, 0.4) is 0 Å². The zero-order valence-corrected chi connectivity index (χ0v) is 13.4. The molecule has 2 heterocycles. The number of hydrogen-bond acceptors (Lipinski definition) is 3. The third-order valence-corrected chi connectivity index (χ3v) is 4.63. The lowest BCUT2D eigenvalue weighted by Gasteiger charge is -2.26. The lowest BCUT2D eigenvalue weighted by atomic mass is 10.1. The summed E-state index contributed by atoms with van der Waals surface area (Å²) in [5.74, 6) is -3.05. The number of likely N-dealkylation sites (N-methyl/N-ethyl adjacent to an activating group) is 1. The first-order valence-electron chi connectivity index (χ1n) is 8.15. The molecule has 1 aromatic carbocycles. The van der Waals surface area contributed by atoms with Gasteiger partial charge >= 0.3 is 0 Å². The van der Waals surface area contributed by atoms with Crippen molar-refractivity contribution in [3.05, 3.63) is 29.8 Å². The van der Waals surface area contributed by atoms with Gasteiger partial charge in [-0.1, -0.05) is 18.2 Å². The third kappa shape index (κ3) is 3.63. The Morgan fingerprint density at radius 1 is 1.35 bits per heavy atom. The molecule has 0 bridgehead atoms. The molecule has 6 heteroatoms. The number of halogens is 2. The maximum atomic E-state index is 13.3. The van der Waals surface area contributed by atoms with Gasteiger partial charge in [0, 0.05) is 38.8 Å². The number of para-hydroxylation sites is 1. The van der Waals surface area contributed by atoms with Crippen LogP contribution in [-0.2, 0) is 11.3 Å². The molecule has 1 aromatic rings. The topological polar surface area (TPSA) is 35.6 Å². The molecule has 1 amide bonds. The zero-order valence-electron chi connectivity index (χ0n) is 13.4. The van der Waals surface area contributed by atoms with Crippen LogP contribution in [-0.4, -0.2) is 49.5 Å². The molecule has 2 aliphatic rings. The van der Waals surface area contributed by atoms with Crippen LogP contribution in [0.4, 0.5) is 14.5 Å². The number of carbonyl (C=O) groups is 1. The van der Waals surface area contributed by atoms with Crippen molar-refractivity contribution in [2.45, 2.75) is 37.8 Å². The fraction of sp³-hybridized carbons (Fsp3) is 0.588. The molecule has 23 heavy (non-hydrogen) atoms. The molecule has 1 N–H and O–H groups in total. The SMILES string of the molecule is CN(Cc1ccccc1N1CCCC1)C(=O)C1CC(F)(F)CN1. The summed E-state index contributed by atoms with van der Waals surface area (Å²) in [7, 11) is 1.68. The molecule has 126 valence electrons. The molecule has 2 fully saturated rings. The molecule has 4 nitrogen and oxygen atoms in total. The summed E-state index contributed by atoms with van der Waals surface area (Å²) in [6.07, 6.45) is 1.96. The van der Waals surface area contributed by atoms with Gasteiger partial charge in [-0.05, 0) is 24.5 Å². The molecular formula is C17H23F2N3O. The van der Waals surface area contributed by atoms with E-state index in [-0.39, 0.29) is 5.91 Å². The predicted octanol–water partition coefficient (Wildman–Crippen LogP) is 2.24. The summed E-state index contributed by atoms with van der Waals surface area (Å²) in [6, 6.07) is 7.25. The van der Waals surface area contributed by atoms with Gasteiger partial charge in [-0.3, -0.25) is 10.1 Å². The van der Waals surface area contributed by atoms with Crippen LogP contribution < -0.4 is 10.2 Å². The standard InChI is InChI=1S/C17H23F2N3O/c1-21(16(23)14-10-17(18,19)12-20-14)11-13-6-2-3-7-15(13)22-8-4-5-9-22/h2-3,6-7,14,20H,4-5,8-12H2,1H3. The molecule has 2 aliphatic heterocycles. The second kappa shape index (κ2) is 6.43. The molecule has 3 rings (SSSR count). The average Bonchev–Trinajstić information content (AvgIpc) is 3.16. The summed E-state index contributed by atoms with van der Waals surface area (Å²) in [4.78, 5) is 16.3. The smallest absolute Gasteiger partial charge is 0.262 e. The summed E-state index contributed by atoms with van der Waals surface area (Å²) < 4.78 is 26.5. The first-order valence-corrected chi connectivity index (χ1v) is 8.15. The van der Waals surface area contributed by atoms with Crippen molar-refractivity contribution >= 4 is 11.6 Å². The average molecular weight is 323 g/mol. The molecule has 1 unspecified atom stereocenters. The van der Waals surface area contributed by atoms with Crippen LogP contribution in [0.15, 0.2) is 24.3 Å². The van der Waals surface area contributed by atoms with E-state index in [0.717, 1.165) is 24.3 Å². The highest BCUT2D eigenvalue weighted by Crippen LogP contribution is 2.28. The Balaban J connectivity index is 1.68. The molecule has 0 aromatic heterocycles. The number of nitrogens with zero attached hydrogens (tertiary/aromatic N) is 2. The minimum Gasteiger partial charge on any atom is -0.371 e. The van der Waals surface area contributed by atoms with Crippen molar-refractivity contribution in [1.82, 2.24) is 10.2 Å². The summed E-state index contributed by atoms with van der Waals surface area (Å²) in [6.45, 7) is 2.09. The van der Waals surface area contributed by atoms with Gasteiger partial charge in [0.1, 0.15) is 0 Å². The number of amides is 1. The van der Waals surface area contributed by atoms with Crippen molar-refractivity contribution in [3.63, 3.8) is 0 Å². The molecule has 0 radical (unpaired) electrons. The highest BCUT2D eigenvalue weighted by atomic mass is 19.3. The molecule has 0 saturated carbocycles. The molecular weight excluding hydrogens is 300 g/mol. The van der Waals surface area contributed by atoms with Gasteiger partial charge in [0.25, 0.3) is 5.92 Å². The predicted molar refractivity (Wildman–Crippen MR) is 85.7 cm³/mol. The van der Waals surface area contributed by atoms with Crippen LogP contribution in [0.1, 0.15) is 24.8 Å². The Hall–Kier alpha value is -1.69. The largest absolute Gasteiger partial charge is 0.371 e. The highest BCUT2D eigenvalue weighted by molar-refractivity contribution is 5.82. The Kier molecular flexibility index (Phi) is 4.53. The van der Waals surface area contributed by atoms with Gasteiger partial charge in [0.2, 0.25) is 5.91 Å². The van der Waals surface area contributed by atoms with Gasteiger partial charge in [-0.25, -0.2) is 8.78 Å². The molecule has 0 aliphatic carbocycles. The lowest BCUT2D eigenvalue weighted by molar-refractivity contribution is -0.132. The van der Waals surface area contributed by atoms with Gasteiger partial charge in [-0.2, -0.15) is 0 Å². The van der Waals surface area contributed by atoms with Crippen LogP contribution in [0.2, 0.25) is 0 Å². The maximum Gasteiger partial charge on any atom is 0.262 e. The Morgan fingerprint density at radius 3 is 2.70 bits per heavy atom. The number of hydrogen-bond donors (Lipinski definition) is 1. The minimum absolute atomic E-state index is 0.265. The van der Waals surface area contributed by atoms with Crippen molar-refractivity contribution in [2.75, 3.05) is 31.6 Å². The number of alkyl halides is 2. The van der Waals surface area contributed by atoms with E-state index in [2.05, 4.69) is 16.3 Å². The number of anilines is 1. The molecule has 2 saturated heterocycles. The number of rotatable bonds is 4. The normalized spacial score (nSPS) is 23.3. The quantitative estimate of drug-likeness (QED) is 0.923. The van der Waals surface area contributed by atoms with Crippen LogP contribution >= 0.6 is 0 Å². The monoisotopic (exact) mass is 323 g/mol. The van der Waals surface area contributed by atoms with Gasteiger partial charge in [0.05, 0.1) is 12.6 Å². The fourth-order valence-corrected chi connectivity index (χ4v) is 3.40. The number of carbonyl (C=O) groups excluding carboxylic acids is 1. The number of nitrogens with one attached hydrogen (secondary N) is 1. The van der Waals surface area contributed by atoms with E-state index in [9.17, 15) is 13.6 Å². The first kappa shape index (κ1) is 16.2. The zero-order chi connectivity index (χ0) is 16.4. The van der Waals surface area contributed by atoms with Crippen molar-refractivity contribution in [2.24, 2.45) is 0 Å². The van der Waals surface area contributed by atoms with Crippen molar-refractivity contribution in [3.8, 4) is 0 Å². The molecule has 0 spiro atoms. The van der Waals surface area contributed by atoms with E-state index in [1.54, 1.807) is 11.9 Å². The van der Waals surface area contributed by atoms with E-state index in [1.165, 1.54) is 12.8 Å². The fourth-order valence-electron chi connectivity index (χ4n) is 3.40. The summed E-state index contributed by atoms with van der Waals surface area (Å²) in [5.41, 5.74) is 2.21. The summed E-state index contributed by atoms with van der Waals surface area (Å²) in [5, 5.41) is 2.63. The maximum absolute atomic E-state index is 13.3. The van der Waals surface area contributed by atoms with Gasteiger partial charge in [0.15, 0.2) is 0 Å². The minimum atomic E-state index is -2.78. The van der Waals surface area contributed by atoms with Crippen molar-refractivity contribution in [1.29, 1.82) is 0 Å². The van der Waals surface area contributed by atoms with E-state index in [0.29, 0.717) is 6.54 Å². The molecule has 1 atom stereocenters. The third-order valence-electron chi connectivity index (χ3n) is 4.63. The van der Waals surface area contributed by atoms with E-state index in [4.69, 9.17) is 0 Å².